The zero-order chi connectivity index (χ0) is 14.1. The van der Waals surface area contributed by atoms with Crippen LogP contribution in [0.1, 0.15) is 17.4 Å². The number of carbonyl (C=O) groups is 1. The van der Waals surface area contributed by atoms with E-state index >= 15 is 0 Å². The van der Waals surface area contributed by atoms with Gasteiger partial charge in [-0.3, -0.25) is 9.20 Å². The van der Waals surface area contributed by atoms with Crippen molar-refractivity contribution in [2.75, 3.05) is 26.3 Å². The van der Waals surface area contributed by atoms with Crippen LogP contribution < -0.4 is 0 Å². The average Bonchev–Trinajstić information content (AvgIpc) is 2.71. The molecule has 0 radical (unpaired) electrons. The van der Waals surface area contributed by atoms with Crippen LogP contribution in [-0.4, -0.2) is 51.5 Å². The molecular weight excluding hydrogens is 324 g/mol. The molecule has 1 amide bonds. The molecule has 6 nitrogen and oxygen atoms in total. The minimum Gasteiger partial charge on any atom is -0.379 e. The number of fused-ring (bicyclic) bond motifs is 1. The summed E-state index contributed by atoms with van der Waals surface area (Å²) in [6, 6.07) is 0. The van der Waals surface area contributed by atoms with Crippen LogP contribution in [0, 0.1) is 5.92 Å². The zero-order valence-corrected chi connectivity index (χ0v) is 12.7. The Balaban J connectivity index is 1.93. The van der Waals surface area contributed by atoms with E-state index in [0.717, 1.165) is 0 Å². The molecule has 1 aliphatic rings. The summed E-state index contributed by atoms with van der Waals surface area (Å²) in [4.78, 5) is 22.8. The molecule has 7 heteroatoms. The molecule has 3 rings (SSSR count). The van der Waals surface area contributed by atoms with Gasteiger partial charge in [0.25, 0.3) is 5.91 Å². The number of hydrogen-bond donors (Lipinski definition) is 0. The van der Waals surface area contributed by atoms with Crippen LogP contribution in [0.3, 0.4) is 0 Å². The normalized spacial score (nSPS) is 20.1. The first kappa shape index (κ1) is 13.5. The maximum atomic E-state index is 12.7. The number of amides is 1. The van der Waals surface area contributed by atoms with Crippen LogP contribution in [0.15, 0.2) is 23.2 Å². The number of rotatable bonds is 1. The first-order valence-electron chi connectivity index (χ1n) is 6.51. The number of carbonyl (C=O) groups excluding carboxylic acids is 1. The van der Waals surface area contributed by atoms with Gasteiger partial charge in [0.2, 0.25) is 0 Å². The molecule has 20 heavy (non-hydrogen) atoms. The van der Waals surface area contributed by atoms with Gasteiger partial charge < -0.3 is 9.64 Å². The molecule has 0 N–H and O–H groups in total. The van der Waals surface area contributed by atoms with Crippen LogP contribution in [0.4, 0.5) is 0 Å². The summed E-state index contributed by atoms with van der Waals surface area (Å²) in [5.41, 5.74) is 1.22. The predicted molar refractivity (Wildman–Crippen MR) is 76.6 cm³/mol. The summed E-state index contributed by atoms with van der Waals surface area (Å²) in [6.07, 6.45) is 4.99. The quantitative estimate of drug-likeness (QED) is 0.792. The van der Waals surface area contributed by atoms with E-state index in [4.69, 9.17) is 4.74 Å². The van der Waals surface area contributed by atoms with Crippen LogP contribution in [0.2, 0.25) is 0 Å². The number of nitrogens with zero attached hydrogens (tertiary/aromatic N) is 4. The predicted octanol–water partition coefficient (Wildman–Crippen LogP) is 1.60. The lowest BCUT2D eigenvalue weighted by Crippen LogP contribution is -2.36. The molecule has 0 aromatic carbocycles. The SMILES string of the molecule is CC1COCCN(C(=O)c2cnc3cnc(Br)cn23)C1. The van der Waals surface area contributed by atoms with E-state index in [2.05, 4.69) is 32.8 Å². The lowest BCUT2D eigenvalue weighted by Gasteiger charge is -2.21. The largest absolute Gasteiger partial charge is 0.379 e. The molecule has 106 valence electrons. The van der Waals surface area contributed by atoms with Crippen LogP contribution >= 0.6 is 15.9 Å². The molecule has 1 fully saturated rings. The summed E-state index contributed by atoms with van der Waals surface area (Å²) in [5, 5.41) is 0. The summed E-state index contributed by atoms with van der Waals surface area (Å²) in [6.45, 7) is 4.69. The smallest absolute Gasteiger partial charge is 0.272 e. The van der Waals surface area contributed by atoms with Gasteiger partial charge in [0.05, 0.1) is 25.6 Å². The number of aromatic nitrogens is 3. The molecule has 2 aromatic heterocycles. The summed E-state index contributed by atoms with van der Waals surface area (Å²) >= 11 is 3.31. The Hall–Kier alpha value is -1.47. The van der Waals surface area contributed by atoms with E-state index in [0.29, 0.717) is 48.2 Å². The molecule has 0 bridgehead atoms. The highest BCUT2D eigenvalue weighted by molar-refractivity contribution is 9.10. The van der Waals surface area contributed by atoms with Crippen molar-refractivity contribution in [1.82, 2.24) is 19.3 Å². The molecule has 1 saturated heterocycles. The van der Waals surface area contributed by atoms with Crippen molar-refractivity contribution < 1.29 is 9.53 Å². The highest BCUT2D eigenvalue weighted by Crippen LogP contribution is 2.14. The topological polar surface area (TPSA) is 59.7 Å². The highest BCUT2D eigenvalue weighted by atomic mass is 79.9. The van der Waals surface area contributed by atoms with Gasteiger partial charge >= 0.3 is 0 Å². The number of hydrogen-bond acceptors (Lipinski definition) is 4. The van der Waals surface area contributed by atoms with E-state index in [9.17, 15) is 4.79 Å². The minimum absolute atomic E-state index is 0.0204. The van der Waals surface area contributed by atoms with Crippen molar-refractivity contribution in [2.45, 2.75) is 6.92 Å². The van der Waals surface area contributed by atoms with Crippen molar-refractivity contribution in [3.05, 3.63) is 28.9 Å². The monoisotopic (exact) mass is 338 g/mol. The van der Waals surface area contributed by atoms with Gasteiger partial charge in [0, 0.05) is 19.3 Å². The van der Waals surface area contributed by atoms with E-state index < -0.39 is 0 Å². The molecule has 1 aliphatic heterocycles. The maximum Gasteiger partial charge on any atom is 0.272 e. The average molecular weight is 339 g/mol. The molecule has 3 heterocycles. The molecular formula is C13H15BrN4O2. The van der Waals surface area contributed by atoms with Gasteiger partial charge in [-0.25, -0.2) is 9.97 Å². The second-order valence-electron chi connectivity index (χ2n) is 5.01. The first-order valence-corrected chi connectivity index (χ1v) is 7.30. The van der Waals surface area contributed by atoms with Crippen molar-refractivity contribution in [1.29, 1.82) is 0 Å². The van der Waals surface area contributed by atoms with Crippen molar-refractivity contribution in [3.8, 4) is 0 Å². The Morgan fingerprint density at radius 2 is 2.30 bits per heavy atom. The Morgan fingerprint density at radius 1 is 1.45 bits per heavy atom. The Bertz CT molecular complexity index is 642. The molecule has 0 saturated carbocycles. The van der Waals surface area contributed by atoms with Gasteiger partial charge in [-0.2, -0.15) is 0 Å². The lowest BCUT2D eigenvalue weighted by molar-refractivity contribution is 0.0731. The Labute approximate surface area is 124 Å². The van der Waals surface area contributed by atoms with Crippen LogP contribution in [-0.2, 0) is 4.74 Å². The Kier molecular flexibility index (Phi) is 3.71. The summed E-state index contributed by atoms with van der Waals surface area (Å²) < 4.78 is 7.91. The maximum absolute atomic E-state index is 12.7. The molecule has 0 aliphatic carbocycles. The fraction of sp³-hybridized carbons (Fsp3) is 0.462. The van der Waals surface area contributed by atoms with Gasteiger partial charge in [-0.15, -0.1) is 0 Å². The standard InChI is InChI=1S/C13H15BrN4O2/c1-9-6-17(2-3-20-8-9)13(19)10-4-16-12-5-15-11(14)7-18(10)12/h4-5,7,9H,2-3,6,8H2,1H3. The summed E-state index contributed by atoms with van der Waals surface area (Å²) in [5.74, 6) is 0.321. The van der Waals surface area contributed by atoms with Crippen molar-refractivity contribution in [2.24, 2.45) is 5.92 Å². The second kappa shape index (κ2) is 5.49. The highest BCUT2D eigenvalue weighted by Gasteiger charge is 2.23. The van der Waals surface area contributed by atoms with E-state index in [1.54, 1.807) is 23.0 Å². The Morgan fingerprint density at radius 3 is 3.15 bits per heavy atom. The molecule has 2 aromatic rings. The third kappa shape index (κ3) is 2.55. The molecule has 1 unspecified atom stereocenters. The first-order chi connectivity index (χ1) is 9.65. The molecule has 1 atom stereocenters. The van der Waals surface area contributed by atoms with E-state index in [-0.39, 0.29) is 5.91 Å². The number of imidazole rings is 1. The lowest BCUT2D eigenvalue weighted by atomic mass is 10.2. The third-order valence-electron chi connectivity index (χ3n) is 3.31. The van der Waals surface area contributed by atoms with Crippen LogP contribution in [0.5, 0.6) is 0 Å². The zero-order valence-electron chi connectivity index (χ0n) is 11.1. The van der Waals surface area contributed by atoms with Gasteiger partial charge in [-0.1, -0.05) is 6.92 Å². The van der Waals surface area contributed by atoms with Gasteiger partial charge in [0.15, 0.2) is 5.65 Å². The third-order valence-corrected chi connectivity index (χ3v) is 3.72. The van der Waals surface area contributed by atoms with Gasteiger partial charge in [-0.05, 0) is 21.8 Å². The fourth-order valence-corrected chi connectivity index (χ4v) is 2.66. The van der Waals surface area contributed by atoms with Gasteiger partial charge in [0.1, 0.15) is 10.3 Å². The van der Waals surface area contributed by atoms with Crippen molar-refractivity contribution >= 4 is 27.5 Å². The minimum atomic E-state index is -0.0204. The van der Waals surface area contributed by atoms with E-state index in [1.807, 2.05) is 4.90 Å². The number of halogens is 1. The van der Waals surface area contributed by atoms with E-state index in [1.165, 1.54) is 0 Å². The fourth-order valence-electron chi connectivity index (χ4n) is 2.35. The number of ether oxygens (including phenoxy) is 1. The second-order valence-corrected chi connectivity index (χ2v) is 5.83. The summed E-state index contributed by atoms with van der Waals surface area (Å²) in [7, 11) is 0. The van der Waals surface area contributed by atoms with Crippen LogP contribution in [0.25, 0.3) is 5.65 Å². The van der Waals surface area contributed by atoms with Crippen molar-refractivity contribution in [3.63, 3.8) is 0 Å². The molecule has 0 spiro atoms.